The van der Waals surface area contributed by atoms with Crippen LogP contribution in [-0.4, -0.2) is 27.6 Å². The molecule has 7 aromatic rings. The number of hydrogen-bond acceptors (Lipinski definition) is 8. The summed E-state index contributed by atoms with van der Waals surface area (Å²) in [4.78, 5) is 57.1. The van der Waals surface area contributed by atoms with E-state index >= 15 is 0 Å². The Kier molecular flexibility index (Phi) is 10.9. The van der Waals surface area contributed by atoms with Crippen molar-refractivity contribution in [2.75, 3.05) is 10.6 Å². The van der Waals surface area contributed by atoms with Crippen LogP contribution in [0.25, 0.3) is 28.6 Å². The number of para-hydroxylation sites is 3. The van der Waals surface area contributed by atoms with Gasteiger partial charge in [0.1, 0.15) is 16.5 Å². The molecule has 0 aliphatic carbocycles. The molecular weight excluding hydrogens is 715 g/mol. The summed E-state index contributed by atoms with van der Waals surface area (Å²) < 4.78 is 5.89. The summed E-state index contributed by atoms with van der Waals surface area (Å²) in [7, 11) is 0. The maximum Gasteiger partial charge on any atom is 0.276 e. The SMILES string of the molecule is O=C(Nc1cccc(SC(C(=O)Nc2ccc(-c3nc4ccccc4o3)cc2)c2ccccc2)c1)/C(=C\c1ccccc1[N+](=O)[O-])NC(=O)c1ccccc1. The summed E-state index contributed by atoms with van der Waals surface area (Å²) in [6, 6.07) is 45.2. The molecule has 0 spiro atoms. The molecule has 7 rings (SSSR count). The van der Waals surface area contributed by atoms with E-state index in [1.54, 1.807) is 66.7 Å². The van der Waals surface area contributed by atoms with Crippen molar-refractivity contribution >= 4 is 63.7 Å². The zero-order valence-corrected chi connectivity index (χ0v) is 29.7. The number of hydrogen-bond donors (Lipinski definition) is 3. The van der Waals surface area contributed by atoms with Gasteiger partial charge in [-0.3, -0.25) is 24.5 Å². The molecule has 1 atom stereocenters. The molecule has 0 saturated carbocycles. The van der Waals surface area contributed by atoms with Crippen LogP contribution in [0.2, 0.25) is 0 Å². The first kappa shape index (κ1) is 36.1. The van der Waals surface area contributed by atoms with Gasteiger partial charge in [-0.25, -0.2) is 4.98 Å². The number of fused-ring (bicyclic) bond motifs is 1. The lowest BCUT2D eigenvalue weighted by atomic mass is 10.1. The van der Waals surface area contributed by atoms with Crippen LogP contribution in [-0.2, 0) is 9.59 Å². The molecule has 0 aliphatic rings. The number of nitro groups is 1. The van der Waals surface area contributed by atoms with Crippen molar-refractivity contribution in [2.24, 2.45) is 0 Å². The minimum Gasteiger partial charge on any atom is -0.436 e. The fourth-order valence-electron chi connectivity index (χ4n) is 5.66. The van der Waals surface area contributed by atoms with Gasteiger partial charge in [0.2, 0.25) is 11.8 Å². The van der Waals surface area contributed by atoms with Gasteiger partial charge in [0.15, 0.2) is 5.58 Å². The number of thioether (sulfide) groups is 1. The monoisotopic (exact) mass is 745 g/mol. The van der Waals surface area contributed by atoms with E-state index in [0.717, 1.165) is 16.6 Å². The largest absolute Gasteiger partial charge is 0.436 e. The third kappa shape index (κ3) is 8.84. The van der Waals surface area contributed by atoms with Gasteiger partial charge in [-0.1, -0.05) is 78.9 Å². The van der Waals surface area contributed by atoms with Crippen molar-refractivity contribution in [1.82, 2.24) is 10.3 Å². The first-order valence-corrected chi connectivity index (χ1v) is 17.9. The molecule has 0 radical (unpaired) electrons. The molecule has 11 nitrogen and oxygen atoms in total. The molecule has 12 heteroatoms. The molecule has 3 N–H and O–H groups in total. The second-order valence-corrected chi connectivity index (χ2v) is 13.3. The highest BCUT2D eigenvalue weighted by Gasteiger charge is 2.23. The quantitative estimate of drug-likeness (QED) is 0.0484. The summed E-state index contributed by atoms with van der Waals surface area (Å²) in [5, 5.41) is 19.5. The molecule has 55 heavy (non-hydrogen) atoms. The van der Waals surface area contributed by atoms with Gasteiger partial charge in [0.05, 0.1) is 10.5 Å². The van der Waals surface area contributed by atoms with Crippen molar-refractivity contribution in [3.05, 3.63) is 190 Å². The molecule has 1 aromatic heterocycles. The van der Waals surface area contributed by atoms with E-state index < -0.39 is 22.0 Å². The third-order valence-corrected chi connectivity index (χ3v) is 9.59. The predicted octanol–water partition coefficient (Wildman–Crippen LogP) is 9.28. The van der Waals surface area contributed by atoms with Crippen molar-refractivity contribution in [3.8, 4) is 11.5 Å². The van der Waals surface area contributed by atoms with E-state index in [1.807, 2.05) is 72.8 Å². The molecule has 0 saturated heterocycles. The number of rotatable bonds is 12. The van der Waals surface area contributed by atoms with Gasteiger partial charge >= 0.3 is 0 Å². The number of carbonyl (C=O) groups excluding carboxylic acids is 3. The normalized spacial score (nSPS) is 11.7. The fourth-order valence-corrected chi connectivity index (χ4v) is 6.74. The van der Waals surface area contributed by atoms with Gasteiger partial charge in [-0.2, -0.15) is 0 Å². The smallest absolute Gasteiger partial charge is 0.276 e. The van der Waals surface area contributed by atoms with Gasteiger partial charge < -0.3 is 20.4 Å². The Morgan fingerprint density at radius 3 is 2.16 bits per heavy atom. The highest BCUT2D eigenvalue weighted by atomic mass is 32.2. The highest BCUT2D eigenvalue weighted by molar-refractivity contribution is 8.00. The third-order valence-electron chi connectivity index (χ3n) is 8.34. The van der Waals surface area contributed by atoms with Gasteiger partial charge in [0.25, 0.3) is 17.5 Å². The lowest BCUT2D eigenvalue weighted by Crippen LogP contribution is -2.30. The van der Waals surface area contributed by atoms with Crippen LogP contribution in [0.15, 0.2) is 173 Å². The Bertz CT molecular complexity index is 2510. The number of nitrogens with one attached hydrogen (secondary N) is 3. The van der Waals surface area contributed by atoms with Gasteiger partial charge in [-0.05, 0) is 84.4 Å². The van der Waals surface area contributed by atoms with E-state index in [4.69, 9.17) is 4.42 Å². The van der Waals surface area contributed by atoms with E-state index in [-0.39, 0.29) is 22.9 Å². The number of benzene rings is 6. The number of amides is 3. The highest BCUT2D eigenvalue weighted by Crippen LogP contribution is 2.37. The first-order valence-electron chi connectivity index (χ1n) is 17.0. The van der Waals surface area contributed by atoms with Crippen LogP contribution >= 0.6 is 11.8 Å². The van der Waals surface area contributed by atoms with Crippen molar-refractivity contribution in [1.29, 1.82) is 0 Å². The summed E-state index contributed by atoms with van der Waals surface area (Å²) in [5.41, 5.74) is 3.93. The molecule has 0 bridgehead atoms. The lowest BCUT2D eigenvalue weighted by molar-refractivity contribution is -0.385. The Balaban J connectivity index is 1.10. The Morgan fingerprint density at radius 1 is 0.727 bits per heavy atom. The summed E-state index contributed by atoms with van der Waals surface area (Å²) >= 11 is 1.29. The maximum atomic E-state index is 13.9. The van der Waals surface area contributed by atoms with E-state index in [1.165, 1.54) is 36.0 Å². The van der Waals surface area contributed by atoms with E-state index in [0.29, 0.717) is 33.3 Å². The minimum atomic E-state index is -0.705. The Hall–Kier alpha value is -7.31. The lowest BCUT2D eigenvalue weighted by Gasteiger charge is -2.18. The van der Waals surface area contributed by atoms with Crippen LogP contribution in [0, 0.1) is 10.1 Å². The molecular formula is C43H31N5O6S. The second-order valence-electron chi connectivity index (χ2n) is 12.1. The number of nitrogens with zero attached hydrogens (tertiary/aromatic N) is 2. The number of oxazole rings is 1. The zero-order chi connectivity index (χ0) is 38.1. The number of anilines is 2. The zero-order valence-electron chi connectivity index (χ0n) is 28.9. The Labute approximate surface area is 319 Å². The number of aromatic nitrogens is 1. The van der Waals surface area contributed by atoms with Crippen LogP contribution < -0.4 is 16.0 Å². The van der Waals surface area contributed by atoms with Crippen LogP contribution in [0.4, 0.5) is 17.1 Å². The summed E-state index contributed by atoms with van der Waals surface area (Å²) in [6.07, 6.45) is 1.27. The molecule has 6 aromatic carbocycles. The summed E-state index contributed by atoms with van der Waals surface area (Å²) in [6.45, 7) is 0. The van der Waals surface area contributed by atoms with Crippen LogP contribution in [0.3, 0.4) is 0 Å². The van der Waals surface area contributed by atoms with Gasteiger partial charge in [-0.15, -0.1) is 11.8 Å². The predicted molar refractivity (Wildman–Crippen MR) is 213 cm³/mol. The second kappa shape index (κ2) is 16.6. The average Bonchev–Trinajstić information content (AvgIpc) is 3.65. The topological polar surface area (TPSA) is 156 Å². The molecule has 0 aliphatic heterocycles. The average molecular weight is 746 g/mol. The minimum absolute atomic E-state index is 0.132. The standard InChI is InChI=1S/C43H31N5O6S/c49-40(29-14-5-2-6-15-29)46-36(26-31-16-7-9-20-37(31)48(52)53)41(50)45-33-17-11-18-34(27-33)55-39(28-12-3-1-4-13-28)42(51)44-32-24-22-30(23-25-32)43-47-35-19-8-10-21-38(35)54-43/h1-27,39H,(H,44,51)(H,45,50)(H,46,49)/b36-26+. The van der Waals surface area contributed by atoms with E-state index in [2.05, 4.69) is 20.9 Å². The van der Waals surface area contributed by atoms with Crippen molar-refractivity contribution in [2.45, 2.75) is 10.1 Å². The first-order chi connectivity index (χ1) is 26.8. The van der Waals surface area contributed by atoms with Crippen LogP contribution in [0.5, 0.6) is 0 Å². The van der Waals surface area contributed by atoms with Crippen molar-refractivity contribution in [3.63, 3.8) is 0 Å². The molecule has 0 fully saturated rings. The van der Waals surface area contributed by atoms with Crippen molar-refractivity contribution < 1.29 is 23.7 Å². The fraction of sp³-hybridized carbons (Fsp3) is 0.0233. The van der Waals surface area contributed by atoms with Gasteiger partial charge in [0, 0.05) is 33.5 Å². The maximum absolute atomic E-state index is 13.9. The van der Waals surface area contributed by atoms with Crippen LogP contribution in [0.1, 0.15) is 26.7 Å². The number of nitro benzene ring substituents is 1. The Morgan fingerprint density at radius 2 is 1.42 bits per heavy atom. The molecule has 1 heterocycles. The molecule has 270 valence electrons. The molecule has 3 amide bonds. The molecule has 1 unspecified atom stereocenters. The number of carbonyl (C=O) groups is 3. The summed E-state index contributed by atoms with van der Waals surface area (Å²) in [5.74, 6) is -1.06. The van der Waals surface area contributed by atoms with E-state index in [9.17, 15) is 24.5 Å².